The number of nitrogens with two attached hydrogens (primary N) is 1. The molecule has 0 bridgehead atoms. The average Bonchev–Trinajstić information content (AvgIpc) is 3.29. The van der Waals surface area contributed by atoms with Crippen LogP contribution in [0, 0.1) is 11.8 Å². The van der Waals surface area contributed by atoms with E-state index in [2.05, 4.69) is 20.7 Å². The van der Waals surface area contributed by atoms with Gasteiger partial charge < -0.3 is 10.5 Å². The van der Waals surface area contributed by atoms with E-state index in [4.69, 9.17) is 10.5 Å². The second-order valence-corrected chi connectivity index (χ2v) is 8.38. The van der Waals surface area contributed by atoms with Crippen LogP contribution in [0.2, 0.25) is 0 Å². The molecule has 5 nitrogen and oxygen atoms in total. The molecule has 0 aromatic heterocycles. The average molecular weight is 375 g/mol. The molecule has 1 aromatic carbocycles. The normalized spacial score (nSPS) is 19.0. The van der Waals surface area contributed by atoms with Crippen LogP contribution < -0.4 is 15.2 Å². The Hall–Kier alpha value is -0.790. The van der Waals surface area contributed by atoms with Crippen LogP contribution in [0.25, 0.3) is 0 Å². The summed E-state index contributed by atoms with van der Waals surface area (Å²) >= 11 is 3.28. The third-order valence-corrected chi connectivity index (χ3v) is 6.29. The number of rotatable bonds is 6. The van der Waals surface area contributed by atoms with E-state index >= 15 is 0 Å². The van der Waals surface area contributed by atoms with Crippen molar-refractivity contribution in [3.8, 4) is 5.75 Å². The highest BCUT2D eigenvalue weighted by Crippen LogP contribution is 2.45. The van der Waals surface area contributed by atoms with E-state index in [0.717, 1.165) is 25.7 Å². The quantitative estimate of drug-likeness (QED) is 0.749. The maximum atomic E-state index is 12.7. The van der Waals surface area contributed by atoms with Crippen molar-refractivity contribution in [2.45, 2.75) is 36.6 Å². The maximum absolute atomic E-state index is 12.7. The lowest BCUT2D eigenvalue weighted by atomic mass is 10.1. The molecule has 2 aliphatic carbocycles. The highest BCUT2D eigenvalue weighted by molar-refractivity contribution is 9.10. The molecule has 0 radical (unpaired) electrons. The molecule has 0 spiro atoms. The summed E-state index contributed by atoms with van der Waals surface area (Å²) in [6.07, 6.45) is 4.46. The summed E-state index contributed by atoms with van der Waals surface area (Å²) in [6, 6.07) is 3.10. The summed E-state index contributed by atoms with van der Waals surface area (Å²) in [7, 11) is -2.17. The summed E-state index contributed by atoms with van der Waals surface area (Å²) in [5, 5.41) is 0. The number of sulfonamides is 1. The zero-order valence-electron chi connectivity index (χ0n) is 11.8. The minimum absolute atomic E-state index is 0.0598. The molecule has 0 unspecified atom stereocenters. The first kappa shape index (κ1) is 15.1. The molecular weight excluding hydrogens is 356 g/mol. The fourth-order valence-corrected chi connectivity index (χ4v) is 4.53. The Bertz CT molecular complexity index is 642. The monoisotopic (exact) mass is 374 g/mol. The van der Waals surface area contributed by atoms with Crippen LogP contribution in [-0.4, -0.2) is 21.6 Å². The SMILES string of the molecule is COc1cc(Br)c(N)cc1S(=O)(=O)NC(C1CC1)C1CC1. The predicted molar refractivity (Wildman–Crippen MR) is 84.7 cm³/mol. The van der Waals surface area contributed by atoms with E-state index in [9.17, 15) is 8.42 Å². The van der Waals surface area contributed by atoms with Gasteiger partial charge in [-0.05, 0) is 65.6 Å². The van der Waals surface area contributed by atoms with Crippen LogP contribution in [0.1, 0.15) is 25.7 Å². The zero-order valence-corrected chi connectivity index (χ0v) is 14.2. The highest BCUT2D eigenvalue weighted by atomic mass is 79.9. The van der Waals surface area contributed by atoms with Gasteiger partial charge >= 0.3 is 0 Å². The van der Waals surface area contributed by atoms with E-state index in [1.807, 2.05) is 0 Å². The maximum Gasteiger partial charge on any atom is 0.244 e. The lowest BCUT2D eigenvalue weighted by molar-refractivity contribution is 0.400. The fourth-order valence-electron chi connectivity index (χ4n) is 2.65. The van der Waals surface area contributed by atoms with Gasteiger partial charge in [0.05, 0.1) is 7.11 Å². The number of hydrogen-bond donors (Lipinski definition) is 2. The Labute approximate surface area is 133 Å². The third-order valence-electron chi connectivity index (χ3n) is 4.12. The number of nitrogens with one attached hydrogen (secondary N) is 1. The van der Waals surface area contributed by atoms with Crippen molar-refractivity contribution < 1.29 is 13.2 Å². The summed E-state index contributed by atoms with van der Waals surface area (Å²) in [4.78, 5) is 0.108. The first-order valence-corrected chi connectivity index (χ1v) is 9.35. The second kappa shape index (κ2) is 5.44. The van der Waals surface area contributed by atoms with Crippen molar-refractivity contribution in [1.82, 2.24) is 4.72 Å². The van der Waals surface area contributed by atoms with E-state index in [0.29, 0.717) is 27.7 Å². The Balaban J connectivity index is 1.91. The van der Waals surface area contributed by atoms with Crippen molar-refractivity contribution in [2.24, 2.45) is 11.8 Å². The Kier molecular flexibility index (Phi) is 3.92. The van der Waals surface area contributed by atoms with Gasteiger partial charge in [-0.2, -0.15) is 0 Å². The van der Waals surface area contributed by atoms with Gasteiger partial charge in [0.15, 0.2) is 0 Å². The summed E-state index contributed by atoms with van der Waals surface area (Å²) in [6.45, 7) is 0. The van der Waals surface area contributed by atoms with Crippen molar-refractivity contribution in [1.29, 1.82) is 0 Å². The Morgan fingerprint density at radius 1 is 1.29 bits per heavy atom. The molecule has 2 fully saturated rings. The number of anilines is 1. The van der Waals surface area contributed by atoms with E-state index in [1.54, 1.807) is 6.07 Å². The Morgan fingerprint density at radius 3 is 2.33 bits per heavy atom. The summed E-state index contributed by atoms with van der Waals surface area (Å²) in [5.41, 5.74) is 6.20. The minimum atomic E-state index is -3.63. The van der Waals surface area contributed by atoms with Gasteiger partial charge in [0.25, 0.3) is 0 Å². The molecule has 2 aliphatic rings. The van der Waals surface area contributed by atoms with E-state index < -0.39 is 10.0 Å². The molecule has 116 valence electrons. The largest absolute Gasteiger partial charge is 0.495 e. The molecule has 0 atom stereocenters. The molecule has 0 saturated heterocycles. The molecule has 7 heteroatoms. The number of nitrogen functional groups attached to an aromatic ring is 1. The minimum Gasteiger partial charge on any atom is -0.495 e. The standard InChI is InChI=1S/C14H19BrN2O3S/c1-20-12-6-10(15)11(16)7-13(12)21(18,19)17-14(8-2-3-8)9-4-5-9/h6-9,14,17H,2-5,16H2,1H3. The lowest BCUT2D eigenvalue weighted by Gasteiger charge is -2.19. The molecule has 0 aliphatic heterocycles. The molecule has 21 heavy (non-hydrogen) atoms. The fraction of sp³-hybridized carbons (Fsp3) is 0.571. The van der Waals surface area contributed by atoms with Gasteiger partial charge in [0.2, 0.25) is 10.0 Å². The van der Waals surface area contributed by atoms with Crippen LogP contribution in [0.15, 0.2) is 21.5 Å². The van der Waals surface area contributed by atoms with Crippen molar-refractivity contribution in [3.05, 3.63) is 16.6 Å². The van der Waals surface area contributed by atoms with Crippen LogP contribution in [-0.2, 0) is 10.0 Å². The van der Waals surface area contributed by atoms with Gasteiger partial charge in [-0.25, -0.2) is 13.1 Å². The van der Waals surface area contributed by atoms with E-state index in [1.165, 1.54) is 13.2 Å². The lowest BCUT2D eigenvalue weighted by Crippen LogP contribution is -2.38. The number of methoxy groups -OCH3 is 1. The molecular formula is C14H19BrN2O3S. The highest BCUT2D eigenvalue weighted by Gasteiger charge is 2.43. The topological polar surface area (TPSA) is 81.4 Å². The van der Waals surface area contributed by atoms with Gasteiger partial charge in [-0.1, -0.05) is 0 Å². The first-order valence-electron chi connectivity index (χ1n) is 7.07. The van der Waals surface area contributed by atoms with Crippen molar-refractivity contribution in [3.63, 3.8) is 0 Å². The molecule has 2 saturated carbocycles. The predicted octanol–water partition coefficient (Wildman–Crippen LogP) is 2.51. The van der Waals surface area contributed by atoms with Crippen LogP contribution in [0.5, 0.6) is 5.75 Å². The van der Waals surface area contributed by atoms with Gasteiger partial charge in [0, 0.05) is 16.2 Å². The van der Waals surface area contributed by atoms with E-state index in [-0.39, 0.29) is 10.9 Å². The van der Waals surface area contributed by atoms with Crippen molar-refractivity contribution in [2.75, 3.05) is 12.8 Å². The number of benzene rings is 1. The van der Waals surface area contributed by atoms with Gasteiger partial charge in [-0.15, -0.1) is 0 Å². The summed E-state index contributed by atoms with van der Waals surface area (Å²) in [5.74, 6) is 1.28. The number of ether oxygens (including phenoxy) is 1. The van der Waals surface area contributed by atoms with Crippen molar-refractivity contribution >= 4 is 31.6 Å². The molecule has 3 N–H and O–H groups in total. The zero-order chi connectivity index (χ0) is 15.2. The first-order chi connectivity index (χ1) is 9.92. The van der Waals surface area contributed by atoms with Crippen LogP contribution in [0.4, 0.5) is 5.69 Å². The second-order valence-electron chi connectivity index (χ2n) is 5.85. The molecule has 0 heterocycles. The summed E-state index contributed by atoms with van der Waals surface area (Å²) < 4.78 is 34.1. The Morgan fingerprint density at radius 2 is 1.86 bits per heavy atom. The third kappa shape index (κ3) is 3.19. The molecule has 3 rings (SSSR count). The molecule has 0 amide bonds. The number of hydrogen-bond acceptors (Lipinski definition) is 4. The smallest absolute Gasteiger partial charge is 0.244 e. The van der Waals surface area contributed by atoms with Crippen LogP contribution in [0.3, 0.4) is 0 Å². The van der Waals surface area contributed by atoms with Gasteiger partial charge in [-0.3, -0.25) is 0 Å². The van der Waals surface area contributed by atoms with Crippen LogP contribution >= 0.6 is 15.9 Å². The molecule has 1 aromatic rings. The van der Waals surface area contributed by atoms with Gasteiger partial charge in [0.1, 0.15) is 10.6 Å². The number of halogens is 1.